The van der Waals surface area contributed by atoms with Crippen molar-refractivity contribution in [1.82, 2.24) is 0 Å². The van der Waals surface area contributed by atoms with Gasteiger partial charge in [-0.05, 0) is 13.8 Å². The molecule has 0 spiro atoms. The van der Waals surface area contributed by atoms with Crippen molar-refractivity contribution in [3.8, 4) is 0 Å². The van der Waals surface area contributed by atoms with E-state index in [1.165, 1.54) is 6.92 Å². The number of Topliss-reactive ketones (excluding diaryl/α,β-unsaturated/α-hetero) is 2. The molecule has 2 atom stereocenters. The lowest BCUT2D eigenvalue weighted by atomic mass is 9.68. The molecule has 0 aliphatic carbocycles. The minimum Gasteiger partial charge on any atom is -0.479 e. The van der Waals surface area contributed by atoms with Gasteiger partial charge in [0.1, 0.15) is 5.41 Å². The quantitative estimate of drug-likeness (QED) is 0.248. The third-order valence-electron chi connectivity index (χ3n) is 2.98. The zero-order valence-corrected chi connectivity index (χ0v) is 10.3. The SMILES string of the molecule is C[C@H](N)C(=O)C(C)(C(=O)CCO)C(N)(N)C(=O)O. The summed E-state index contributed by atoms with van der Waals surface area (Å²) in [6, 6.07) is -1.11. The van der Waals surface area contributed by atoms with Gasteiger partial charge in [0.15, 0.2) is 17.2 Å². The van der Waals surface area contributed by atoms with Crippen LogP contribution in [0.3, 0.4) is 0 Å². The fraction of sp³-hybridized carbons (Fsp3) is 0.700. The van der Waals surface area contributed by atoms with Gasteiger partial charge in [0, 0.05) is 13.0 Å². The molecule has 104 valence electrons. The summed E-state index contributed by atoms with van der Waals surface area (Å²) >= 11 is 0. The van der Waals surface area contributed by atoms with E-state index >= 15 is 0 Å². The summed E-state index contributed by atoms with van der Waals surface area (Å²) in [4.78, 5) is 34.9. The predicted molar refractivity (Wildman–Crippen MR) is 62.2 cm³/mol. The minimum atomic E-state index is -2.59. The molecule has 0 fully saturated rings. The number of rotatable bonds is 7. The van der Waals surface area contributed by atoms with Crippen molar-refractivity contribution in [2.75, 3.05) is 6.61 Å². The molecule has 1 unspecified atom stereocenters. The molecular weight excluding hydrogens is 242 g/mol. The van der Waals surface area contributed by atoms with Gasteiger partial charge in [0.25, 0.3) is 0 Å². The molecule has 0 aliphatic heterocycles. The molecule has 8 heteroatoms. The highest BCUT2D eigenvalue weighted by Crippen LogP contribution is 2.31. The summed E-state index contributed by atoms with van der Waals surface area (Å²) in [5.74, 6) is -3.45. The fourth-order valence-corrected chi connectivity index (χ4v) is 1.59. The van der Waals surface area contributed by atoms with E-state index in [0.29, 0.717) is 0 Å². The zero-order valence-electron chi connectivity index (χ0n) is 10.3. The third kappa shape index (κ3) is 2.56. The maximum absolute atomic E-state index is 12.0. The van der Waals surface area contributed by atoms with Crippen molar-refractivity contribution in [2.45, 2.75) is 32.0 Å². The number of ketones is 2. The van der Waals surface area contributed by atoms with E-state index in [2.05, 4.69) is 0 Å². The molecule has 8 nitrogen and oxygen atoms in total. The Morgan fingerprint density at radius 2 is 1.72 bits per heavy atom. The monoisotopic (exact) mass is 261 g/mol. The first-order valence-electron chi connectivity index (χ1n) is 5.28. The van der Waals surface area contributed by atoms with Gasteiger partial charge in [-0.2, -0.15) is 0 Å². The molecule has 18 heavy (non-hydrogen) atoms. The van der Waals surface area contributed by atoms with Crippen LogP contribution in [-0.2, 0) is 14.4 Å². The molecule has 0 aromatic carbocycles. The molecule has 8 N–H and O–H groups in total. The molecule has 0 aromatic heterocycles. The van der Waals surface area contributed by atoms with Crippen LogP contribution in [0.15, 0.2) is 0 Å². The third-order valence-corrected chi connectivity index (χ3v) is 2.98. The average molecular weight is 261 g/mol. The number of nitrogens with two attached hydrogens (primary N) is 3. The number of carbonyl (C=O) groups excluding carboxylic acids is 2. The van der Waals surface area contributed by atoms with Crippen LogP contribution in [-0.4, -0.2) is 46.1 Å². The lowest BCUT2D eigenvalue weighted by Crippen LogP contribution is -2.73. The Labute approximate surface area is 104 Å². The molecular formula is C10H19N3O5. The van der Waals surface area contributed by atoms with Crippen molar-refractivity contribution < 1.29 is 24.6 Å². The number of hydrogen-bond acceptors (Lipinski definition) is 7. The van der Waals surface area contributed by atoms with Crippen molar-refractivity contribution in [2.24, 2.45) is 22.6 Å². The number of carboxylic acid groups (broad SMARTS) is 1. The standard InChI is InChI=1S/C10H19N3O5/c1-5(11)7(16)9(2,6(15)3-4-14)10(12,13)8(17)18/h5,14H,3-4,11-13H2,1-2H3,(H,17,18)/t5-,9?/m0/s1. The fourth-order valence-electron chi connectivity index (χ4n) is 1.59. The summed E-state index contributed by atoms with van der Waals surface area (Å²) in [5.41, 5.74) is 11.4. The molecule has 0 radical (unpaired) electrons. The second kappa shape index (κ2) is 5.53. The van der Waals surface area contributed by atoms with E-state index < -0.39 is 47.7 Å². The Morgan fingerprint density at radius 3 is 2.00 bits per heavy atom. The zero-order chi connectivity index (χ0) is 14.7. The van der Waals surface area contributed by atoms with Crippen molar-refractivity contribution in [1.29, 1.82) is 0 Å². The van der Waals surface area contributed by atoms with Gasteiger partial charge in [-0.15, -0.1) is 0 Å². The van der Waals surface area contributed by atoms with Gasteiger partial charge in [-0.3, -0.25) is 9.59 Å². The number of aliphatic hydroxyl groups excluding tert-OH is 1. The summed E-state index contributed by atoms with van der Waals surface area (Å²) < 4.78 is 0. The molecule has 0 saturated heterocycles. The first-order valence-corrected chi connectivity index (χ1v) is 5.28. The lowest BCUT2D eigenvalue weighted by Gasteiger charge is -2.38. The van der Waals surface area contributed by atoms with E-state index in [9.17, 15) is 14.4 Å². The lowest BCUT2D eigenvalue weighted by molar-refractivity contribution is -0.160. The Kier molecular flexibility index (Phi) is 5.11. The second-order valence-corrected chi connectivity index (χ2v) is 4.35. The van der Waals surface area contributed by atoms with Crippen LogP contribution in [0.5, 0.6) is 0 Å². The van der Waals surface area contributed by atoms with Crippen LogP contribution < -0.4 is 17.2 Å². The Hall–Kier alpha value is -1.35. The van der Waals surface area contributed by atoms with Gasteiger partial charge >= 0.3 is 5.97 Å². The van der Waals surface area contributed by atoms with E-state index in [0.717, 1.165) is 6.92 Å². The molecule has 0 saturated carbocycles. The predicted octanol–water partition coefficient (Wildman–Crippen LogP) is -2.44. The van der Waals surface area contributed by atoms with E-state index in [1.54, 1.807) is 0 Å². The molecule has 0 aromatic rings. The minimum absolute atomic E-state index is 0.432. The summed E-state index contributed by atoms with van der Waals surface area (Å²) in [5, 5.41) is 17.7. The smallest absolute Gasteiger partial charge is 0.340 e. The maximum atomic E-state index is 12.0. The van der Waals surface area contributed by atoms with Crippen LogP contribution in [0.1, 0.15) is 20.3 Å². The summed E-state index contributed by atoms with van der Waals surface area (Å²) in [6.07, 6.45) is -0.432. The van der Waals surface area contributed by atoms with Gasteiger partial charge in [-0.1, -0.05) is 0 Å². The Bertz CT molecular complexity index is 367. The van der Waals surface area contributed by atoms with Crippen LogP contribution in [0.4, 0.5) is 0 Å². The summed E-state index contributed by atoms with van der Waals surface area (Å²) in [6.45, 7) is 1.78. The molecule has 0 heterocycles. The van der Waals surface area contributed by atoms with Crippen LogP contribution in [0.2, 0.25) is 0 Å². The van der Waals surface area contributed by atoms with E-state index in [-0.39, 0.29) is 0 Å². The Morgan fingerprint density at radius 1 is 1.28 bits per heavy atom. The van der Waals surface area contributed by atoms with E-state index in [1.807, 2.05) is 0 Å². The van der Waals surface area contributed by atoms with E-state index in [4.69, 9.17) is 27.4 Å². The second-order valence-electron chi connectivity index (χ2n) is 4.35. The highest BCUT2D eigenvalue weighted by atomic mass is 16.4. The first kappa shape index (κ1) is 16.6. The van der Waals surface area contributed by atoms with Gasteiger partial charge in [-0.25, -0.2) is 4.79 Å². The maximum Gasteiger partial charge on any atom is 0.340 e. The van der Waals surface area contributed by atoms with Crippen LogP contribution >= 0.6 is 0 Å². The largest absolute Gasteiger partial charge is 0.479 e. The number of carboxylic acids is 1. The highest BCUT2D eigenvalue weighted by Gasteiger charge is 2.58. The van der Waals surface area contributed by atoms with Crippen LogP contribution in [0, 0.1) is 5.41 Å². The van der Waals surface area contributed by atoms with Crippen molar-refractivity contribution in [3.05, 3.63) is 0 Å². The number of aliphatic hydroxyl groups is 1. The first-order chi connectivity index (χ1) is 8.03. The Balaban J connectivity index is 5.78. The number of aliphatic carboxylic acids is 1. The highest BCUT2D eigenvalue weighted by molar-refractivity contribution is 6.13. The van der Waals surface area contributed by atoms with Crippen molar-refractivity contribution in [3.63, 3.8) is 0 Å². The van der Waals surface area contributed by atoms with Gasteiger partial charge < -0.3 is 27.4 Å². The topological polar surface area (TPSA) is 170 Å². The normalized spacial score (nSPS) is 16.8. The number of carbonyl (C=O) groups is 3. The molecule has 0 rings (SSSR count). The van der Waals surface area contributed by atoms with Crippen LogP contribution in [0.25, 0.3) is 0 Å². The molecule has 0 amide bonds. The van der Waals surface area contributed by atoms with Gasteiger partial charge in [0.2, 0.25) is 0 Å². The number of hydrogen-bond donors (Lipinski definition) is 5. The summed E-state index contributed by atoms with van der Waals surface area (Å²) in [7, 11) is 0. The average Bonchev–Trinajstić information content (AvgIpc) is 2.26. The van der Waals surface area contributed by atoms with Crippen molar-refractivity contribution >= 4 is 17.5 Å². The molecule has 0 bridgehead atoms. The van der Waals surface area contributed by atoms with Gasteiger partial charge in [0.05, 0.1) is 6.04 Å². The molecule has 0 aliphatic rings.